The van der Waals surface area contributed by atoms with Gasteiger partial charge in [-0.2, -0.15) is 0 Å². The number of primary amides is 1. The van der Waals surface area contributed by atoms with E-state index in [9.17, 15) is 74.9 Å². The van der Waals surface area contributed by atoms with E-state index >= 15 is 0 Å². The number of aliphatic hydroxyl groups is 8. The number of carbonyl (C=O) groups is 5. The van der Waals surface area contributed by atoms with Gasteiger partial charge in [0.25, 0.3) is 5.69 Å². The maximum atomic E-state index is 13.2. The number of nitro groups is 1. The van der Waals surface area contributed by atoms with Crippen LogP contribution in [0.25, 0.3) is 0 Å². The zero-order chi connectivity index (χ0) is 43.3. The minimum Gasteiger partial charge on any atom is -0.429 e. The SMILES string of the molecule is CC(CCC(=O)[C@H](O)[C@H](O)[C@@H](O[C@@H]1O[C@H](CO)[C@H](O)[C@H](O)[C@H]1O)[C@H](O)CO)C(=O)NC(CC(N)=O)C(=O)Cc1ccc(COC(=O)Oc2ccc([N+](=O)[O-])cc2)cc1. The van der Waals surface area contributed by atoms with E-state index in [2.05, 4.69) is 5.32 Å². The topological polar surface area (TPSA) is 365 Å². The first-order valence-corrected chi connectivity index (χ1v) is 17.8. The first kappa shape index (κ1) is 47.4. The lowest BCUT2D eigenvalue weighted by atomic mass is 9.94. The highest BCUT2D eigenvalue weighted by Gasteiger charge is 2.47. The Labute approximate surface area is 329 Å². The van der Waals surface area contributed by atoms with Crippen molar-refractivity contribution < 1.29 is 88.7 Å². The number of nitrogens with two attached hydrogens (primary N) is 1. The maximum Gasteiger partial charge on any atom is 0.514 e. The summed E-state index contributed by atoms with van der Waals surface area (Å²) in [6.45, 7) is -0.761. The fourth-order valence-electron chi connectivity index (χ4n) is 5.59. The van der Waals surface area contributed by atoms with Crippen LogP contribution in [0.1, 0.15) is 37.3 Å². The molecule has 2 aromatic carbocycles. The molecule has 2 unspecified atom stereocenters. The molecule has 0 bridgehead atoms. The highest BCUT2D eigenvalue weighted by molar-refractivity contribution is 5.94. The molecular formula is C36H47N3O19. The van der Waals surface area contributed by atoms with Crippen molar-refractivity contribution in [3.63, 3.8) is 0 Å². The number of benzene rings is 2. The second-order valence-electron chi connectivity index (χ2n) is 13.5. The third-order valence-corrected chi connectivity index (χ3v) is 9.08. The molecule has 1 heterocycles. The Morgan fingerprint density at radius 3 is 2.10 bits per heavy atom. The van der Waals surface area contributed by atoms with Gasteiger partial charge in [0.05, 0.1) is 30.6 Å². The van der Waals surface area contributed by atoms with Crippen LogP contribution in [-0.4, -0.2) is 150 Å². The summed E-state index contributed by atoms with van der Waals surface area (Å²) in [6.07, 6.45) is -20.3. The van der Waals surface area contributed by atoms with Gasteiger partial charge in [-0.3, -0.25) is 29.3 Å². The van der Waals surface area contributed by atoms with Crippen LogP contribution in [0.5, 0.6) is 5.75 Å². The van der Waals surface area contributed by atoms with E-state index in [0.717, 1.165) is 12.1 Å². The van der Waals surface area contributed by atoms with Gasteiger partial charge in [-0.1, -0.05) is 31.2 Å². The molecule has 0 aliphatic carbocycles. The van der Waals surface area contributed by atoms with Gasteiger partial charge in [-0.05, 0) is 29.7 Å². The van der Waals surface area contributed by atoms with Gasteiger partial charge >= 0.3 is 6.16 Å². The molecule has 22 nitrogen and oxygen atoms in total. The van der Waals surface area contributed by atoms with Crippen molar-refractivity contribution in [2.75, 3.05) is 13.2 Å². The van der Waals surface area contributed by atoms with Gasteiger partial charge in [-0.15, -0.1) is 0 Å². The first-order valence-electron chi connectivity index (χ1n) is 17.8. The monoisotopic (exact) mass is 825 g/mol. The fourth-order valence-corrected chi connectivity index (χ4v) is 5.59. The van der Waals surface area contributed by atoms with Gasteiger partial charge in [0.1, 0.15) is 61.2 Å². The molecule has 1 saturated heterocycles. The van der Waals surface area contributed by atoms with E-state index in [1.807, 2.05) is 0 Å². The average molecular weight is 826 g/mol. The Morgan fingerprint density at radius 1 is 0.914 bits per heavy atom. The Bertz CT molecular complexity index is 1710. The number of nitrogens with one attached hydrogen (secondary N) is 1. The van der Waals surface area contributed by atoms with Crippen molar-refractivity contribution in [3.05, 3.63) is 69.8 Å². The molecule has 0 saturated carbocycles. The number of ether oxygens (including phenoxy) is 4. The third-order valence-electron chi connectivity index (χ3n) is 9.08. The number of carbonyl (C=O) groups excluding carboxylic acids is 5. The predicted octanol–water partition coefficient (Wildman–Crippen LogP) is -2.97. The number of hydrogen-bond donors (Lipinski definition) is 10. The summed E-state index contributed by atoms with van der Waals surface area (Å²) in [4.78, 5) is 73.0. The molecule has 2 aromatic rings. The van der Waals surface area contributed by atoms with Crippen LogP contribution in [0.4, 0.5) is 10.5 Å². The minimum absolute atomic E-state index is 0.0225. The lowest BCUT2D eigenvalue weighted by molar-refractivity contribution is -0.384. The van der Waals surface area contributed by atoms with Crippen LogP contribution in [0.3, 0.4) is 0 Å². The lowest BCUT2D eigenvalue weighted by Crippen LogP contribution is -2.61. The van der Waals surface area contributed by atoms with Crippen molar-refractivity contribution in [2.24, 2.45) is 11.7 Å². The highest BCUT2D eigenvalue weighted by Crippen LogP contribution is 2.26. The van der Waals surface area contributed by atoms with Crippen molar-refractivity contribution in [1.29, 1.82) is 0 Å². The number of ketones is 2. The summed E-state index contributed by atoms with van der Waals surface area (Å²) in [6, 6.07) is 9.54. The zero-order valence-corrected chi connectivity index (χ0v) is 31.0. The molecule has 11 N–H and O–H groups in total. The summed E-state index contributed by atoms with van der Waals surface area (Å²) >= 11 is 0. The molecule has 1 aliphatic heterocycles. The molecule has 320 valence electrons. The Hall–Kier alpha value is -5.01. The fraction of sp³-hybridized carbons (Fsp3) is 0.528. The van der Waals surface area contributed by atoms with Crippen molar-refractivity contribution in [3.8, 4) is 5.75 Å². The number of hydrogen-bond acceptors (Lipinski definition) is 19. The Morgan fingerprint density at radius 2 is 1.53 bits per heavy atom. The van der Waals surface area contributed by atoms with Crippen molar-refractivity contribution in [2.45, 2.75) is 100 Å². The minimum atomic E-state index is -2.29. The number of nitro benzene ring substituents is 1. The average Bonchev–Trinajstić information content (AvgIpc) is 3.20. The van der Waals surface area contributed by atoms with Gasteiger partial charge in [0.2, 0.25) is 11.8 Å². The molecule has 58 heavy (non-hydrogen) atoms. The van der Waals surface area contributed by atoms with E-state index in [-0.39, 0.29) is 30.9 Å². The van der Waals surface area contributed by atoms with Gasteiger partial charge in [-0.25, -0.2) is 4.79 Å². The number of nitrogens with zero attached hydrogens (tertiary/aromatic N) is 1. The summed E-state index contributed by atoms with van der Waals surface area (Å²) in [5.41, 5.74) is 6.08. The number of Topliss-reactive ketones (excluding diaryl/α,β-unsaturated/α-hetero) is 2. The third kappa shape index (κ3) is 13.5. The number of non-ortho nitro benzene ring substituents is 1. The van der Waals surface area contributed by atoms with Crippen LogP contribution >= 0.6 is 0 Å². The van der Waals surface area contributed by atoms with Crippen LogP contribution in [-0.2, 0) is 46.4 Å². The molecule has 1 fully saturated rings. The van der Waals surface area contributed by atoms with E-state index in [1.54, 1.807) is 12.1 Å². The van der Waals surface area contributed by atoms with E-state index in [1.165, 1.54) is 31.2 Å². The maximum absolute atomic E-state index is 13.2. The number of aliphatic hydroxyl groups excluding tert-OH is 8. The normalized spacial score (nSPS) is 22.3. The summed E-state index contributed by atoms with van der Waals surface area (Å²) in [5, 5.41) is 93.9. The second-order valence-corrected chi connectivity index (χ2v) is 13.5. The summed E-state index contributed by atoms with van der Waals surface area (Å²) < 4.78 is 20.5. The molecule has 0 radical (unpaired) electrons. The predicted molar refractivity (Wildman–Crippen MR) is 192 cm³/mol. The van der Waals surface area contributed by atoms with Gasteiger partial charge in [0, 0.05) is 30.9 Å². The van der Waals surface area contributed by atoms with E-state index < -0.39 is 128 Å². The van der Waals surface area contributed by atoms with Gasteiger partial charge < -0.3 is 70.9 Å². The van der Waals surface area contributed by atoms with E-state index in [0.29, 0.717) is 11.1 Å². The first-order chi connectivity index (χ1) is 27.4. The molecule has 3 rings (SSSR count). The lowest BCUT2D eigenvalue weighted by Gasteiger charge is -2.42. The van der Waals surface area contributed by atoms with Crippen LogP contribution < -0.4 is 15.8 Å². The van der Waals surface area contributed by atoms with E-state index in [4.69, 9.17) is 24.7 Å². The van der Waals surface area contributed by atoms with Crippen molar-refractivity contribution >= 4 is 35.2 Å². The largest absolute Gasteiger partial charge is 0.514 e. The standard InChI is InChI=1S/C36H47N3O19/c1-17(2-11-23(42)28(46)31(49)33(25(44)14-40)58-35-32(50)30(48)29(47)26(15-41)57-35)34(51)38-22(13-27(37)45)24(43)12-18-3-5-19(6-4-18)16-55-36(52)56-21-9-7-20(8-10-21)39(53)54/h3-10,17,22,25-26,28-33,35,40-41,44,46-50H,2,11-16H2,1H3,(H2,37,45)(H,38,51)/t17?,22?,25-,26-,28+,29+,30+,31+,32-,33+,35+/m1/s1. The molecule has 22 heteroatoms. The Balaban J connectivity index is 1.53. The molecule has 2 amide bonds. The number of amides is 2. The highest BCUT2D eigenvalue weighted by atomic mass is 16.7. The molecule has 0 aromatic heterocycles. The quantitative estimate of drug-likeness (QED) is 0.0245. The molecular weight excluding hydrogens is 778 g/mol. The second kappa shape index (κ2) is 22.2. The zero-order valence-electron chi connectivity index (χ0n) is 31.0. The molecule has 11 atom stereocenters. The summed E-state index contributed by atoms with van der Waals surface area (Å²) in [7, 11) is 0. The van der Waals surface area contributed by atoms with Crippen LogP contribution in [0.2, 0.25) is 0 Å². The smallest absolute Gasteiger partial charge is 0.429 e. The summed E-state index contributed by atoms with van der Waals surface area (Å²) in [5.74, 6) is -4.31. The Kier molecular flexibility index (Phi) is 18.1. The van der Waals surface area contributed by atoms with Crippen LogP contribution in [0.15, 0.2) is 48.5 Å². The van der Waals surface area contributed by atoms with Crippen molar-refractivity contribution in [1.82, 2.24) is 5.32 Å². The molecule has 0 spiro atoms. The van der Waals surface area contributed by atoms with Crippen LogP contribution in [0, 0.1) is 16.0 Å². The van der Waals surface area contributed by atoms with Gasteiger partial charge in [0.15, 0.2) is 17.9 Å². The molecule has 1 aliphatic rings. The number of rotatable bonds is 22.